The number of alkyl carbamates (subject to hydrolysis) is 1. The first-order valence-electron chi connectivity index (χ1n) is 7.50. The van der Waals surface area contributed by atoms with Crippen LogP contribution in [-0.4, -0.2) is 31.3 Å². The Morgan fingerprint density at radius 1 is 1.18 bits per heavy atom. The van der Waals surface area contributed by atoms with Crippen LogP contribution < -0.4 is 11.1 Å². The Balaban J connectivity index is 2.04. The molecule has 1 amide bonds. The van der Waals surface area contributed by atoms with Crippen molar-refractivity contribution in [2.75, 3.05) is 13.2 Å². The number of hydrogen-bond donors (Lipinski definition) is 2. The van der Waals surface area contributed by atoms with Gasteiger partial charge in [-0.25, -0.2) is 4.79 Å². The van der Waals surface area contributed by atoms with Crippen LogP contribution in [0.4, 0.5) is 4.79 Å². The zero-order valence-corrected chi connectivity index (χ0v) is 12.9. The summed E-state index contributed by atoms with van der Waals surface area (Å²) in [5, 5.41) is 2.66. The minimum absolute atomic E-state index is 0.250. The van der Waals surface area contributed by atoms with E-state index in [4.69, 9.17) is 15.2 Å². The van der Waals surface area contributed by atoms with E-state index in [0.29, 0.717) is 19.6 Å². The number of benzene rings is 1. The summed E-state index contributed by atoms with van der Waals surface area (Å²) >= 11 is 0. The van der Waals surface area contributed by atoms with Crippen LogP contribution in [0.25, 0.3) is 0 Å². The summed E-state index contributed by atoms with van der Waals surface area (Å²) in [6, 6.07) is 8.89. The number of nitrogens with one attached hydrogen (secondary N) is 1. The number of carbonyl (C=O) groups is 2. The van der Waals surface area contributed by atoms with Crippen molar-refractivity contribution in [1.82, 2.24) is 5.32 Å². The molecule has 0 bridgehead atoms. The second-order valence-electron chi connectivity index (χ2n) is 4.84. The van der Waals surface area contributed by atoms with E-state index in [1.807, 2.05) is 30.3 Å². The van der Waals surface area contributed by atoms with Gasteiger partial charge in [0.1, 0.15) is 12.6 Å². The van der Waals surface area contributed by atoms with Gasteiger partial charge < -0.3 is 20.5 Å². The van der Waals surface area contributed by atoms with Crippen LogP contribution in [0.2, 0.25) is 0 Å². The molecule has 0 aliphatic heterocycles. The van der Waals surface area contributed by atoms with E-state index in [0.717, 1.165) is 18.4 Å². The van der Waals surface area contributed by atoms with Crippen LogP contribution in [0.15, 0.2) is 30.3 Å². The number of esters is 1. The number of unbranched alkanes of at least 4 members (excludes halogenated alkanes) is 1. The van der Waals surface area contributed by atoms with Gasteiger partial charge in [0, 0.05) is 6.54 Å². The Hall–Kier alpha value is -2.08. The number of rotatable bonds is 9. The molecule has 0 saturated carbocycles. The van der Waals surface area contributed by atoms with Gasteiger partial charge in [0.25, 0.3) is 0 Å². The molecule has 0 radical (unpaired) electrons. The third kappa shape index (κ3) is 7.64. The maximum Gasteiger partial charge on any atom is 0.407 e. The molecule has 0 heterocycles. The fourth-order valence-electron chi connectivity index (χ4n) is 1.82. The molecule has 0 saturated heterocycles. The molecule has 0 aromatic heterocycles. The van der Waals surface area contributed by atoms with Crippen LogP contribution in [0.5, 0.6) is 0 Å². The first-order valence-corrected chi connectivity index (χ1v) is 7.50. The molecule has 0 unspecified atom stereocenters. The van der Waals surface area contributed by atoms with Gasteiger partial charge in [0.05, 0.1) is 6.61 Å². The molecule has 0 aliphatic carbocycles. The second-order valence-corrected chi connectivity index (χ2v) is 4.84. The highest BCUT2D eigenvalue weighted by atomic mass is 16.5. The predicted octanol–water partition coefficient (Wildman–Crippen LogP) is 1.97. The number of hydrogen-bond acceptors (Lipinski definition) is 5. The summed E-state index contributed by atoms with van der Waals surface area (Å²) in [5.74, 6) is -0.377. The molecule has 1 atom stereocenters. The molecule has 3 N–H and O–H groups in total. The Kier molecular flexibility index (Phi) is 8.67. The van der Waals surface area contributed by atoms with Gasteiger partial charge in [-0.1, -0.05) is 30.3 Å². The fourth-order valence-corrected chi connectivity index (χ4v) is 1.82. The van der Waals surface area contributed by atoms with E-state index < -0.39 is 12.1 Å². The second kappa shape index (κ2) is 10.6. The summed E-state index contributed by atoms with van der Waals surface area (Å²) in [5.41, 5.74) is 6.61. The van der Waals surface area contributed by atoms with Crippen LogP contribution in [0.3, 0.4) is 0 Å². The minimum atomic E-state index is -0.593. The van der Waals surface area contributed by atoms with Crippen molar-refractivity contribution in [1.29, 1.82) is 0 Å². The Bertz CT molecular complexity index is 451. The Morgan fingerprint density at radius 3 is 2.59 bits per heavy atom. The van der Waals surface area contributed by atoms with E-state index >= 15 is 0 Å². The van der Waals surface area contributed by atoms with E-state index in [1.165, 1.54) is 0 Å². The third-order valence-electron chi connectivity index (χ3n) is 3.01. The molecule has 0 aliphatic rings. The Labute approximate surface area is 131 Å². The highest BCUT2D eigenvalue weighted by Crippen LogP contribution is 2.02. The molecule has 0 spiro atoms. The van der Waals surface area contributed by atoms with Crippen molar-refractivity contribution < 1.29 is 19.1 Å². The molecule has 6 nitrogen and oxygen atoms in total. The average molecular weight is 308 g/mol. The molecular weight excluding hydrogens is 284 g/mol. The zero-order valence-electron chi connectivity index (χ0n) is 12.9. The van der Waals surface area contributed by atoms with E-state index in [-0.39, 0.29) is 12.6 Å². The van der Waals surface area contributed by atoms with Gasteiger partial charge in [0.2, 0.25) is 0 Å². The lowest BCUT2D eigenvalue weighted by Gasteiger charge is -2.10. The van der Waals surface area contributed by atoms with Gasteiger partial charge in [-0.2, -0.15) is 0 Å². The lowest BCUT2D eigenvalue weighted by molar-refractivity contribution is -0.144. The minimum Gasteiger partial charge on any atom is -0.465 e. The maximum absolute atomic E-state index is 11.5. The van der Waals surface area contributed by atoms with Crippen LogP contribution >= 0.6 is 0 Å². The van der Waals surface area contributed by atoms with Gasteiger partial charge in [-0.05, 0) is 31.7 Å². The maximum atomic E-state index is 11.5. The summed E-state index contributed by atoms with van der Waals surface area (Å²) in [6.45, 7) is 2.82. The van der Waals surface area contributed by atoms with Crippen molar-refractivity contribution in [3.63, 3.8) is 0 Å². The standard InChI is InChI=1S/C16H24N2O4/c1-2-21-15(19)14(17)10-6-7-11-18-16(20)22-12-13-8-4-3-5-9-13/h3-5,8-9,14H,2,6-7,10-12,17H2,1H3,(H,18,20)/t14-/m0/s1. The number of nitrogens with two attached hydrogens (primary N) is 1. The first-order chi connectivity index (χ1) is 10.6. The molecule has 1 rings (SSSR count). The van der Waals surface area contributed by atoms with Crippen molar-refractivity contribution in [2.45, 2.75) is 38.8 Å². The van der Waals surface area contributed by atoms with E-state index in [1.54, 1.807) is 6.92 Å². The van der Waals surface area contributed by atoms with E-state index in [9.17, 15) is 9.59 Å². The van der Waals surface area contributed by atoms with Crippen LogP contribution in [-0.2, 0) is 20.9 Å². The van der Waals surface area contributed by atoms with Crippen LogP contribution in [0, 0.1) is 0 Å². The summed E-state index contributed by atoms with van der Waals surface area (Å²) in [6.07, 6.45) is 1.56. The highest BCUT2D eigenvalue weighted by Gasteiger charge is 2.13. The molecular formula is C16H24N2O4. The number of amides is 1. The summed E-state index contributed by atoms with van der Waals surface area (Å²) in [7, 11) is 0. The lowest BCUT2D eigenvalue weighted by atomic mass is 10.1. The van der Waals surface area contributed by atoms with Gasteiger partial charge >= 0.3 is 12.1 Å². The molecule has 122 valence electrons. The van der Waals surface area contributed by atoms with Gasteiger partial charge in [-0.15, -0.1) is 0 Å². The van der Waals surface area contributed by atoms with Crippen molar-refractivity contribution in [2.24, 2.45) is 5.73 Å². The summed E-state index contributed by atoms with van der Waals surface area (Å²) < 4.78 is 9.90. The monoisotopic (exact) mass is 308 g/mol. The van der Waals surface area contributed by atoms with Crippen LogP contribution in [0.1, 0.15) is 31.7 Å². The number of ether oxygens (including phenoxy) is 2. The topological polar surface area (TPSA) is 90.6 Å². The van der Waals surface area contributed by atoms with E-state index in [2.05, 4.69) is 5.32 Å². The highest BCUT2D eigenvalue weighted by molar-refractivity contribution is 5.75. The fraction of sp³-hybridized carbons (Fsp3) is 0.500. The smallest absolute Gasteiger partial charge is 0.407 e. The molecule has 1 aromatic rings. The van der Waals surface area contributed by atoms with Crippen molar-refractivity contribution in [3.05, 3.63) is 35.9 Å². The lowest BCUT2D eigenvalue weighted by Crippen LogP contribution is -2.32. The average Bonchev–Trinajstić information content (AvgIpc) is 2.53. The zero-order chi connectivity index (χ0) is 16.2. The normalized spacial score (nSPS) is 11.5. The molecule has 22 heavy (non-hydrogen) atoms. The van der Waals surface area contributed by atoms with Gasteiger partial charge in [0.15, 0.2) is 0 Å². The SMILES string of the molecule is CCOC(=O)[C@@H](N)CCCCNC(=O)OCc1ccccc1. The molecule has 0 fully saturated rings. The largest absolute Gasteiger partial charge is 0.465 e. The summed E-state index contributed by atoms with van der Waals surface area (Å²) in [4.78, 5) is 22.8. The predicted molar refractivity (Wildman–Crippen MR) is 83.1 cm³/mol. The number of carbonyl (C=O) groups excluding carboxylic acids is 2. The quantitative estimate of drug-likeness (QED) is 0.537. The van der Waals surface area contributed by atoms with Crippen molar-refractivity contribution in [3.8, 4) is 0 Å². The van der Waals surface area contributed by atoms with Gasteiger partial charge in [-0.3, -0.25) is 4.79 Å². The molecule has 1 aromatic carbocycles. The van der Waals surface area contributed by atoms with Crippen molar-refractivity contribution >= 4 is 12.1 Å². The molecule has 6 heteroatoms. The Morgan fingerprint density at radius 2 is 1.91 bits per heavy atom. The third-order valence-corrected chi connectivity index (χ3v) is 3.01. The first kappa shape index (κ1) is 18.0.